The molecule has 1 N–H and O–H groups in total. The summed E-state index contributed by atoms with van der Waals surface area (Å²) in [5.74, 6) is -0.145. The van der Waals surface area contributed by atoms with Crippen LogP contribution in [-0.2, 0) is 11.3 Å². The molecule has 0 aliphatic carbocycles. The number of hydrogen-bond donors (Lipinski definition) is 1. The van der Waals surface area contributed by atoms with Crippen molar-refractivity contribution in [3.05, 3.63) is 65.5 Å². The molecule has 0 aliphatic heterocycles. The average Bonchev–Trinajstić information content (AvgIpc) is 3.17. The van der Waals surface area contributed by atoms with Gasteiger partial charge in [-0.1, -0.05) is 57.7 Å². The fraction of sp³-hybridized carbons (Fsp3) is 0.400. The molecule has 0 saturated carbocycles. The van der Waals surface area contributed by atoms with Crippen molar-refractivity contribution in [2.75, 3.05) is 11.1 Å². The standard InChI is InChI=1S/C25H30F2N4O2S/c1-15(2)13-31-24(17(5)33-19-11-9-18(10-12-19)16(3)4)29-30-25(31)34-14-22(32)28-23-20(26)7-6-8-21(23)27/h6-12,15-17H,13-14H2,1-5H3,(H,28,32). The zero-order valence-corrected chi connectivity index (χ0v) is 20.8. The molecule has 1 heterocycles. The van der Waals surface area contributed by atoms with Crippen LogP contribution in [0.3, 0.4) is 0 Å². The van der Waals surface area contributed by atoms with Crippen LogP contribution in [0.5, 0.6) is 5.75 Å². The Kier molecular flexibility index (Phi) is 8.66. The van der Waals surface area contributed by atoms with E-state index in [2.05, 4.69) is 43.2 Å². The number of halogens is 2. The Morgan fingerprint density at radius 2 is 1.68 bits per heavy atom. The van der Waals surface area contributed by atoms with Crippen molar-refractivity contribution in [2.45, 2.75) is 58.3 Å². The summed E-state index contributed by atoms with van der Waals surface area (Å²) < 4.78 is 35.7. The van der Waals surface area contributed by atoms with Gasteiger partial charge in [-0.25, -0.2) is 8.78 Å². The fourth-order valence-corrected chi connectivity index (χ4v) is 4.11. The zero-order chi connectivity index (χ0) is 24.8. The first-order chi connectivity index (χ1) is 16.2. The lowest BCUT2D eigenvalue weighted by molar-refractivity contribution is -0.113. The SMILES string of the molecule is CC(C)Cn1c(SCC(=O)Nc2c(F)cccc2F)nnc1C(C)Oc1ccc(C(C)C)cc1. The van der Waals surface area contributed by atoms with Crippen LogP contribution in [-0.4, -0.2) is 26.4 Å². The van der Waals surface area contributed by atoms with Crippen LogP contribution in [0.15, 0.2) is 47.6 Å². The number of amides is 1. The number of carbonyl (C=O) groups excluding carboxylic acids is 1. The third-order valence-corrected chi connectivity index (χ3v) is 6.04. The smallest absolute Gasteiger partial charge is 0.235 e. The van der Waals surface area contributed by atoms with Gasteiger partial charge < -0.3 is 14.6 Å². The maximum atomic E-state index is 13.8. The zero-order valence-electron chi connectivity index (χ0n) is 20.0. The van der Waals surface area contributed by atoms with E-state index >= 15 is 0 Å². The van der Waals surface area contributed by atoms with Gasteiger partial charge in [0.2, 0.25) is 5.91 Å². The van der Waals surface area contributed by atoms with Gasteiger partial charge in [-0.15, -0.1) is 10.2 Å². The number of thioether (sulfide) groups is 1. The maximum Gasteiger partial charge on any atom is 0.235 e. The lowest BCUT2D eigenvalue weighted by Gasteiger charge is -2.18. The molecule has 9 heteroatoms. The summed E-state index contributed by atoms with van der Waals surface area (Å²) in [5.41, 5.74) is 0.776. The second-order valence-corrected chi connectivity index (χ2v) is 9.71. The number of aromatic nitrogens is 3. The van der Waals surface area contributed by atoms with Gasteiger partial charge >= 0.3 is 0 Å². The van der Waals surface area contributed by atoms with E-state index in [0.717, 1.165) is 29.6 Å². The van der Waals surface area contributed by atoms with E-state index in [1.54, 1.807) is 0 Å². The van der Waals surface area contributed by atoms with E-state index in [1.807, 2.05) is 35.8 Å². The lowest BCUT2D eigenvalue weighted by Crippen LogP contribution is -2.18. The van der Waals surface area contributed by atoms with E-state index in [1.165, 1.54) is 11.6 Å². The molecule has 1 aromatic heterocycles. The summed E-state index contributed by atoms with van der Waals surface area (Å²) >= 11 is 1.15. The van der Waals surface area contributed by atoms with Crippen molar-refractivity contribution in [3.8, 4) is 5.75 Å². The highest BCUT2D eigenvalue weighted by Gasteiger charge is 2.21. The van der Waals surface area contributed by atoms with Crippen LogP contribution in [0.4, 0.5) is 14.5 Å². The molecule has 3 aromatic rings. The number of ether oxygens (including phenoxy) is 1. The fourth-order valence-electron chi connectivity index (χ4n) is 3.36. The van der Waals surface area contributed by atoms with E-state index in [4.69, 9.17) is 4.74 Å². The molecule has 0 bridgehead atoms. The molecule has 0 radical (unpaired) electrons. The normalized spacial score (nSPS) is 12.3. The Morgan fingerprint density at radius 1 is 1.03 bits per heavy atom. The third-order valence-electron chi connectivity index (χ3n) is 5.08. The average molecular weight is 489 g/mol. The van der Waals surface area contributed by atoms with Gasteiger partial charge in [-0.3, -0.25) is 4.79 Å². The molecule has 1 atom stereocenters. The number of carbonyl (C=O) groups is 1. The summed E-state index contributed by atoms with van der Waals surface area (Å²) in [7, 11) is 0. The second kappa shape index (κ2) is 11.5. The van der Waals surface area contributed by atoms with Crippen LogP contribution in [0.2, 0.25) is 0 Å². The van der Waals surface area contributed by atoms with Gasteiger partial charge in [0.25, 0.3) is 0 Å². The molecule has 3 rings (SSSR count). The Hall–Kier alpha value is -2.94. The van der Waals surface area contributed by atoms with Crippen molar-refractivity contribution < 1.29 is 18.3 Å². The van der Waals surface area contributed by atoms with Gasteiger partial charge in [0.15, 0.2) is 17.1 Å². The van der Waals surface area contributed by atoms with Crippen molar-refractivity contribution in [2.24, 2.45) is 5.92 Å². The van der Waals surface area contributed by atoms with Crippen molar-refractivity contribution >= 4 is 23.4 Å². The van der Waals surface area contributed by atoms with Crippen LogP contribution >= 0.6 is 11.8 Å². The van der Waals surface area contributed by atoms with Gasteiger partial charge in [0.1, 0.15) is 23.1 Å². The minimum atomic E-state index is -0.823. The number of hydrogen-bond acceptors (Lipinski definition) is 5. The molecule has 1 amide bonds. The molecule has 1 unspecified atom stereocenters. The van der Waals surface area contributed by atoms with Crippen molar-refractivity contribution in [1.82, 2.24) is 14.8 Å². The van der Waals surface area contributed by atoms with E-state index < -0.39 is 23.2 Å². The number of rotatable bonds is 10. The lowest BCUT2D eigenvalue weighted by atomic mass is 10.0. The summed E-state index contributed by atoms with van der Waals surface area (Å²) in [4.78, 5) is 12.3. The Balaban J connectivity index is 1.71. The largest absolute Gasteiger partial charge is 0.483 e. The number of anilines is 1. The molecule has 0 aliphatic rings. The number of nitrogens with zero attached hydrogens (tertiary/aromatic N) is 3. The number of nitrogens with one attached hydrogen (secondary N) is 1. The minimum absolute atomic E-state index is 0.0735. The van der Waals surface area contributed by atoms with Gasteiger partial charge in [-0.05, 0) is 48.6 Å². The third kappa shape index (κ3) is 6.56. The minimum Gasteiger partial charge on any atom is -0.483 e. The summed E-state index contributed by atoms with van der Waals surface area (Å²) in [6, 6.07) is 11.4. The van der Waals surface area contributed by atoms with Crippen LogP contribution < -0.4 is 10.1 Å². The van der Waals surface area contributed by atoms with Crippen LogP contribution in [0.25, 0.3) is 0 Å². The highest BCUT2D eigenvalue weighted by atomic mass is 32.2. The highest BCUT2D eigenvalue weighted by Crippen LogP contribution is 2.27. The van der Waals surface area contributed by atoms with Crippen molar-refractivity contribution in [3.63, 3.8) is 0 Å². The molecule has 34 heavy (non-hydrogen) atoms. The predicted molar refractivity (Wildman–Crippen MR) is 130 cm³/mol. The van der Waals surface area contributed by atoms with Gasteiger partial charge in [-0.2, -0.15) is 0 Å². The van der Waals surface area contributed by atoms with Gasteiger partial charge in [0, 0.05) is 6.54 Å². The van der Waals surface area contributed by atoms with Crippen molar-refractivity contribution in [1.29, 1.82) is 0 Å². The molecule has 0 fully saturated rings. The molecular formula is C25H30F2N4O2S. The molecule has 0 spiro atoms. The van der Waals surface area contributed by atoms with Crippen LogP contribution in [0, 0.1) is 17.6 Å². The monoisotopic (exact) mass is 488 g/mol. The van der Waals surface area contributed by atoms with E-state index in [0.29, 0.717) is 29.4 Å². The predicted octanol–water partition coefficient (Wildman–Crippen LogP) is 6.21. The Bertz CT molecular complexity index is 1100. The number of para-hydroxylation sites is 1. The molecule has 182 valence electrons. The first kappa shape index (κ1) is 25.7. The second-order valence-electron chi connectivity index (χ2n) is 8.76. The topological polar surface area (TPSA) is 69.0 Å². The molecular weight excluding hydrogens is 458 g/mol. The first-order valence-corrected chi connectivity index (χ1v) is 12.2. The highest BCUT2D eigenvalue weighted by molar-refractivity contribution is 7.99. The quantitative estimate of drug-likeness (QED) is 0.344. The molecule has 0 saturated heterocycles. The summed E-state index contributed by atoms with van der Waals surface area (Å²) in [6.45, 7) is 11.0. The van der Waals surface area contributed by atoms with Gasteiger partial charge in [0.05, 0.1) is 5.75 Å². The van der Waals surface area contributed by atoms with E-state index in [9.17, 15) is 13.6 Å². The first-order valence-electron chi connectivity index (χ1n) is 11.2. The summed E-state index contributed by atoms with van der Waals surface area (Å²) in [6.07, 6.45) is -0.369. The Labute approximate surface area is 203 Å². The number of benzene rings is 2. The Morgan fingerprint density at radius 3 is 2.26 bits per heavy atom. The van der Waals surface area contributed by atoms with E-state index in [-0.39, 0.29) is 11.9 Å². The summed E-state index contributed by atoms with van der Waals surface area (Å²) in [5, 5.41) is 11.4. The molecule has 2 aromatic carbocycles. The maximum absolute atomic E-state index is 13.8. The van der Waals surface area contributed by atoms with Crippen LogP contribution in [0.1, 0.15) is 58.0 Å². The molecule has 6 nitrogen and oxygen atoms in total.